The van der Waals surface area contributed by atoms with Gasteiger partial charge in [0.2, 0.25) is 0 Å². The Morgan fingerprint density at radius 3 is 3.18 bits per heavy atom. The van der Waals surface area contributed by atoms with Crippen LogP contribution < -0.4 is 0 Å². The molecule has 2 aliphatic rings. The fraction of sp³-hybridized carbons (Fsp3) is 1.00. The van der Waals surface area contributed by atoms with Gasteiger partial charge in [-0.05, 0) is 31.1 Å². The van der Waals surface area contributed by atoms with Crippen LogP contribution in [-0.4, -0.2) is 17.8 Å². The molecule has 2 heteroatoms. The highest BCUT2D eigenvalue weighted by atomic mass is 32.2. The quantitative estimate of drug-likeness (QED) is 0.555. The molecule has 1 saturated heterocycles. The average molecular weight is 172 g/mol. The Kier molecular flexibility index (Phi) is 2.42. The van der Waals surface area contributed by atoms with Crippen molar-refractivity contribution in [2.24, 2.45) is 11.8 Å². The lowest BCUT2D eigenvalue weighted by atomic mass is 9.82. The van der Waals surface area contributed by atoms with E-state index < -0.39 is 0 Å². The van der Waals surface area contributed by atoms with E-state index in [0.29, 0.717) is 0 Å². The summed E-state index contributed by atoms with van der Waals surface area (Å²) < 4.78 is 5.45. The zero-order valence-electron chi connectivity index (χ0n) is 7.08. The Labute approximate surface area is 72.9 Å². The van der Waals surface area contributed by atoms with E-state index in [1.54, 1.807) is 0 Å². The van der Waals surface area contributed by atoms with Crippen LogP contribution in [0.4, 0.5) is 0 Å². The van der Waals surface area contributed by atoms with Gasteiger partial charge in [0.05, 0.1) is 12.5 Å². The topological polar surface area (TPSA) is 9.23 Å². The van der Waals surface area contributed by atoms with E-state index in [1.807, 2.05) is 11.8 Å². The molecule has 1 nitrogen and oxygen atoms in total. The van der Waals surface area contributed by atoms with Crippen LogP contribution in [0.2, 0.25) is 0 Å². The molecule has 0 N–H and O–H groups in total. The van der Waals surface area contributed by atoms with Gasteiger partial charge in [-0.25, -0.2) is 0 Å². The maximum absolute atomic E-state index is 5.45. The summed E-state index contributed by atoms with van der Waals surface area (Å²) in [5, 5.41) is 0.931. The van der Waals surface area contributed by atoms with Crippen LogP contribution in [0.15, 0.2) is 0 Å². The van der Waals surface area contributed by atoms with Crippen LogP contribution in [-0.2, 0) is 4.74 Å². The lowest BCUT2D eigenvalue weighted by Gasteiger charge is -2.37. The Bertz CT molecular complexity index is 138. The molecular weight excluding hydrogens is 156 g/mol. The highest BCUT2D eigenvalue weighted by molar-refractivity contribution is 7.99. The molecule has 3 unspecified atom stereocenters. The van der Waals surface area contributed by atoms with Gasteiger partial charge in [-0.15, -0.1) is 11.8 Å². The van der Waals surface area contributed by atoms with Gasteiger partial charge in [0.1, 0.15) is 0 Å². The van der Waals surface area contributed by atoms with Crippen LogP contribution in [0.1, 0.15) is 26.2 Å². The third-order valence-electron chi connectivity index (χ3n) is 2.87. The molecule has 2 fully saturated rings. The molecule has 0 bridgehead atoms. The molecule has 0 spiro atoms. The van der Waals surface area contributed by atoms with Gasteiger partial charge in [-0.3, -0.25) is 0 Å². The summed E-state index contributed by atoms with van der Waals surface area (Å²) in [6.45, 7) is 3.40. The molecular formula is C9H16OS. The van der Waals surface area contributed by atoms with Gasteiger partial charge in [-0.1, -0.05) is 6.92 Å². The molecule has 0 aromatic heterocycles. The van der Waals surface area contributed by atoms with Gasteiger partial charge in [0.25, 0.3) is 0 Å². The summed E-state index contributed by atoms with van der Waals surface area (Å²) in [6, 6.07) is 0. The molecule has 0 radical (unpaired) electrons. The van der Waals surface area contributed by atoms with Gasteiger partial charge in [-0.2, -0.15) is 0 Å². The Morgan fingerprint density at radius 1 is 1.36 bits per heavy atom. The fourth-order valence-corrected chi connectivity index (χ4v) is 3.33. The second-order valence-electron chi connectivity index (χ2n) is 3.87. The highest BCUT2D eigenvalue weighted by Gasteiger charge is 2.31. The minimum atomic E-state index is 0.873. The summed E-state index contributed by atoms with van der Waals surface area (Å²) >= 11 is 2.03. The van der Waals surface area contributed by atoms with Crippen molar-refractivity contribution in [3.05, 3.63) is 0 Å². The van der Waals surface area contributed by atoms with Crippen molar-refractivity contribution in [2.75, 3.05) is 12.5 Å². The number of fused-ring (bicyclic) bond motifs is 1. The number of ether oxygens (including phenoxy) is 1. The first-order valence-electron chi connectivity index (χ1n) is 4.55. The third-order valence-corrected chi connectivity index (χ3v) is 4.22. The number of thioether (sulfide) groups is 1. The first-order chi connectivity index (χ1) is 5.36. The first kappa shape index (κ1) is 7.93. The predicted molar refractivity (Wildman–Crippen MR) is 48.7 cm³/mol. The van der Waals surface area contributed by atoms with E-state index in [9.17, 15) is 0 Å². The monoisotopic (exact) mass is 172 g/mol. The summed E-state index contributed by atoms with van der Waals surface area (Å²) in [5.74, 6) is 2.76. The third kappa shape index (κ3) is 1.73. The van der Waals surface area contributed by atoms with Crippen molar-refractivity contribution in [1.29, 1.82) is 0 Å². The summed E-state index contributed by atoms with van der Waals surface area (Å²) in [5.41, 5.74) is 0. The van der Waals surface area contributed by atoms with E-state index in [-0.39, 0.29) is 0 Å². The number of rotatable bonds is 0. The Balaban J connectivity index is 1.93. The van der Waals surface area contributed by atoms with Crippen molar-refractivity contribution >= 4 is 11.8 Å². The molecule has 0 amide bonds. The SMILES string of the molecule is CC1CCC2SCOCC2C1. The van der Waals surface area contributed by atoms with E-state index in [0.717, 1.165) is 29.6 Å². The Morgan fingerprint density at radius 2 is 2.27 bits per heavy atom. The van der Waals surface area contributed by atoms with E-state index in [1.165, 1.54) is 19.3 Å². The second-order valence-corrected chi connectivity index (χ2v) is 5.05. The van der Waals surface area contributed by atoms with Crippen molar-refractivity contribution < 1.29 is 4.74 Å². The molecule has 11 heavy (non-hydrogen) atoms. The van der Waals surface area contributed by atoms with Crippen LogP contribution in [0.3, 0.4) is 0 Å². The first-order valence-corrected chi connectivity index (χ1v) is 5.60. The normalized spacial score (nSPS) is 45.0. The van der Waals surface area contributed by atoms with Crippen molar-refractivity contribution in [3.63, 3.8) is 0 Å². The zero-order chi connectivity index (χ0) is 7.68. The fourth-order valence-electron chi connectivity index (χ4n) is 2.20. The van der Waals surface area contributed by atoms with Crippen LogP contribution in [0.25, 0.3) is 0 Å². The van der Waals surface area contributed by atoms with Crippen molar-refractivity contribution in [3.8, 4) is 0 Å². The van der Waals surface area contributed by atoms with Crippen molar-refractivity contribution in [1.82, 2.24) is 0 Å². The highest BCUT2D eigenvalue weighted by Crippen LogP contribution is 2.38. The van der Waals surface area contributed by atoms with Crippen LogP contribution >= 0.6 is 11.8 Å². The molecule has 0 aromatic rings. The summed E-state index contributed by atoms with van der Waals surface area (Å²) in [7, 11) is 0. The molecule has 2 rings (SSSR count). The molecule has 1 aliphatic heterocycles. The molecule has 1 saturated carbocycles. The van der Waals surface area contributed by atoms with E-state index in [4.69, 9.17) is 4.74 Å². The Hall–Kier alpha value is 0.310. The lowest BCUT2D eigenvalue weighted by molar-refractivity contribution is 0.0970. The maximum Gasteiger partial charge on any atom is 0.0923 e. The molecule has 1 heterocycles. The minimum Gasteiger partial charge on any atom is -0.371 e. The van der Waals surface area contributed by atoms with Gasteiger partial charge < -0.3 is 4.74 Å². The van der Waals surface area contributed by atoms with Crippen LogP contribution in [0.5, 0.6) is 0 Å². The zero-order valence-corrected chi connectivity index (χ0v) is 7.90. The lowest BCUT2D eigenvalue weighted by Crippen LogP contribution is -2.33. The summed E-state index contributed by atoms with van der Waals surface area (Å²) in [6.07, 6.45) is 4.27. The standard InChI is InChI=1S/C9H16OS/c1-7-2-3-9-8(4-7)5-10-6-11-9/h7-9H,2-6H2,1H3. The smallest absolute Gasteiger partial charge is 0.0923 e. The summed E-state index contributed by atoms with van der Waals surface area (Å²) in [4.78, 5) is 0. The van der Waals surface area contributed by atoms with E-state index in [2.05, 4.69) is 6.92 Å². The number of hydrogen-bond donors (Lipinski definition) is 0. The largest absolute Gasteiger partial charge is 0.371 e. The van der Waals surface area contributed by atoms with Crippen molar-refractivity contribution in [2.45, 2.75) is 31.4 Å². The molecule has 64 valence electrons. The van der Waals surface area contributed by atoms with E-state index >= 15 is 0 Å². The van der Waals surface area contributed by atoms with Crippen LogP contribution in [0, 0.1) is 11.8 Å². The molecule has 3 atom stereocenters. The average Bonchev–Trinajstić information content (AvgIpc) is 2.04. The minimum absolute atomic E-state index is 0.873. The number of hydrogen-bond acceptors (Lipinski definition) is 2. The molecule has 0 aromatic carbocycles. The van der Waals surface area contributed by atoms with Gasteiger partial charge in [0.15, 0.2) is 0 Å². The molecule has 1 aliphatic carbocycles. The second kappa shape index (κ2) is 3.36. The van der Waals surface area contributed by atoms with Gasteiger partial charge in [0, 0.05) is 5.25 Å². The maximum atomic E-state index is 5.45. The predicted octanol–water partition coefficient (Wildman–Crippen LogP) is 2.51. The van der Waals surface area contributed by atoms with Gasteiger partial charge >= 0.3 is 0 Å².